The van der Waals surface area contributed by atoms with E-state index in [4.69, 9.17) is 0 Å². The third-order valence-electron chi connectivity index (χ3n) is 6.58. The third kappa shape index (κ3) is 1.34. The molecule has 2 N–H and O–H groups in total. The second-order valence-electron chi connectivity index (χ2n) is 7.48. The average Bonchev–Trinajstić information content (AvgIpc) is 2.86. The van der Waals surface area contributed by atoms with Crippen molar-refractivity contribution in [1.29, 1.82) is 0 Å². The molecule has 0 aromatic rings. The molecule has 98 valence electrons. The van der Waals surface area contributed by atoms with Gasteiger partial charge in [-0.25, -0.2) is 0 Å². The molecular weight excluding hydrogens is 212 g/mol. The van der Waals surface area contributed by atoms with Crippen molar-refractivity contribution in [3.63, 3.8) is 0 Å². The highest BCUT2D eigenvalue weighted by atomic mass is 16.3. The Morgan fingerprint density at radius 2 is 1.82 bits per heavy atom. The zero-order valence-electron chi connectivity index (χ0n) is 11.3. The van der Waals surface area contributed by atoms with Gasteiger partial charge in [0.2, 0.25) is 0 Å². The lowest BCUT2D eigenvalue weighted by Gasteiger charge is -2.52. The molecule has 3 aliphatic carbocycles. The monoisotopic (exact) mass is 238 g/mol. The average molecular weight is 238 g/mol. The first kappa shape index (κ1) is 12.0. The standard InChI is InChI=1S/C15H26O2/c1-9-4-5-11(17)15(8-16)7-6-10-13(12(9)15)14(10,2)3/h9-13,16-17H,4-8H2,1-3H3/t9-,10-,11+,12+,13-,15-/m1/s1. The highest BCUT2D eigenvalue weighted by Crippen LogP contribution is 2.73. The Hall–Kier alpha value is -0.0800. The molecule has 17 heavy (non-hydrogen) atoms. The first-order valence-corrected chi connectivity index (χ1v) is 7.24. The predicted molar refractivity (Wildman–Crippen MR) is 67.4 cm³/mol. The van der Waals surface area contributed by atoms with Crippen molar-refractivity contribution in [2.75, 3.05) is 6.61 Å². The number of hydrogen-bond acceptors (Lipinski definition) is 2. The van der Waals surface area contributed by atoms with Gasteiger partial charge in [-0.3, -0.25) is 0 Å². The molecule has 3 fully saturated rings. The lowest BCUT2D eigenvalue weighted by molar-refractivity contribution is -0.132. The summed E-state index contributed by atoms with van der Waals surface area (Å²) in [6, 6.07) is 0. The van der Waals surface area contributed by atoms with Crippen LogP contribution in [0.25, 0.3) is 0 Å². The van der Waals surface area contributed by atoms with Crippen molar-refractivity contribution in [2.24, 2.45) is 34.5 Å². The Morgan fingerprint density at radius 3 is 2.47 bits per heavy atom. The van der Waals surface area contributed by atoms with E-state index in [1.807, 2.05) is 0 Å². The Kier molecular flexibility index (Phi) is 2.45. The van der Waals surface area contributed by atoms with Crippen LogP contribution in [-0.2, 0) is 0 Å². The highest BCUT2D eigenvalue weighted by molar-refractivity contribution is 5.17. The van der Waals surface area contributed by atoms with Crippen molar-refractivity contribution in [1.82, 2.24) is 0 Å². The Balaban J connectivity index is 1.97. The fraction of sp³-hybridized carbons (Fsp3) is 1.00. The fourth-order valence-electron chi connectivity index (χ4n) is 5.49. The molecule has 0 unspecified atom stereocenters. The van der Waals surface area contributed by atoms with Crippen LogP contribution in [0.15, 0.2) is 0 Å². The van der Waals surface area contributed by atoms with E-state index in [0.717, 1.165) is 31.1 Å². The lowest BCUT2D eigenvalue weighted by Crippen LogP contribution is -2.53. The molecule has 3 aliphatic rings. The minimum atomic E-state index is -0.272. The van der Waals surface area contributed by atoms with Gasteiger partial charge < -0.3 is 10.2 Å². The third-order valence-corrected chi connectivity index (χ3v) is 6.58. The van der Waals surface area contributed by atoms with Crippen LogP contribution in [0.3, 0.4) is 0 Å². The molecule has 2 nitrogen and oxygen atoms in total. The molecule has 0 aliphatic heterocycles. The SMILES string of the molecule is C[C@@H]1CC[C@H](O)[C@]2(CO)CC[C@@H]3[C@H]([C@H]12)C3(C)C. The van der Waals surface area contributed by atoms with Gasteiger partial charge >= 0.3 is 0 Å². The van der Waals surface area contributed by atoms with Crippen molar-refractivity contribution in [3.8, 4) is 0 Å². The number of aliphatic hydroxyl groups excluding tert-OH is 2. The van der Waals surface area contributed by atoms with Gasteiger partial charge in [0, 0.05) is 5.41 Å². The van der Waals surface area contributed by atoms with Crippen LogP contribution >= 0.6 is 0 Å². The van der Waals surface area contributed by atoms with Crippen LogP contribution < -0.4 is 0 Å². The lowest BCUT2D eigenvalue weighted by atomic mass is 9.54. The molecule has 0 amide bonds. The molecule has 0 spiro atoms. The van der Waals surface area contributed by atoms with Crippen molar-refractivity contribution >= 4 is 0 Å². The van der Waals surface area contributed by atoms with Crippen LogP contribution in [0.4, 0.5) is 0 Å². The second-order valence-corrected chi connectivity index (χ2v) is 7.48. The number of aliphatic hydroxyl groups is 2. The molecular formula is C15H26O2. The summed E-state index contributed by atoms with van der Waals surface area (Å²) < 4.78 is 0. The molecule has 3 rings (SSSR count). The second kappa shape index (κ2) is 3.48. The first-order chi connectivity index (χ1) is 7.95. The van der Waals surface area contributed by atoms with E-state index in [1.54, 1.807) is 0 Å². The molecule has 2 heteroatoms. The van der Waals surface area contributed by atoms with Gasteiger partial charge in [0.25, 0.3) is 0 Å². The number of rotatable bonds is 1. The fourth-order valence-corrected chi connectivity index (χ4v) is 5.49. The van der Waals surface area contributed by atoms with Gasteiger partial charge in [-0.15, -0.1) is 0 Å². The summed E-state index contributed by atoms with van der Waals surface area (Å²) >= 11 is 0. The predicted octanol–water partition coefficient (Wildman–Crippen LogP) is 2.44. The van der Waals surface area contributed by atoms with Crippen molar-refractivity contribution in [3.05, 3.63) is 0 Å². The Labute approximate surface area is 104 Å². The largest absolute Gasteiger partial charge is 0.396 e. The van der Waals surface area contributed by atoms with Gasteiger partial charge in [-0.2, -0.15) is 0 Å². The summed E-state index contributed by atoms with van der Waals surface area (Å²) in [6.07, 6.45) is 3.98. The van der Waals surface area contributed by atoms with Crippen LogP contribution in [0, 0.1) is 34.5 Å². The molecule has 6 atom stereocenters. The number of hydrogen-bond donors (Lipinski definition) is 2. The van der Waals surface area contributed by atoms with E-state index in [1.165, 1.54) is 6.42 Å². The van der Waals surface area contributed by atoms with Crippen molar-refractivity contribution in [2.45, 2.75) is 52.6 Å². The maximum atomic E-state index is 10.4. The van der Waals surface area contributed by atoms with E-state index in [-0.39, 0.29) is 18.1 Å². The van der Waals surface area contributed by atoms with E-state index in [9.17, 15) is 10.2 Å². The van der Waals surface area contributed by atoms with E-state index >= 15 is 0 Å². The molecule has 3 saturated carbocycles. The molecule has 0 heterocycles. The summed E-state index contributed by atoms with van der Waals surface area (Å²) in [7, 11) is 0. The quantitative estimate of drug-likeness (QED) is 0.736. The highest BCUT2D eigenvalue weighted by Gasteiger charge is 2.69. The normalized spacial score (nSPS) is 55.9. The van der Waals surface area contributed by atoms with Gasteiger partial charge in [-0.05, 0) is 54.8 Å². The Morgan fingerprint density at radius 1 is 1.12 bits per heavy atom. The molecule has 0 radical (unpaired) electrons. The summed E-state index contributed by atoms with van der Waals surface area (Å²) in [5, 5.41) is 20.3. The molecule has 0 bridgehead atoms. The minimum Gasteiger partial charge on any atom is -0.396 e. The zero-order chi connectivity index (χ0) is 12.4. The Bertz CT molecular complexity index is 325. The topological polar surface area (TPSA) is 40.5 Å². The van der Waals surface area contributed by atoms with Gasteiger partial charge in [-0.1, -0.05) is 20.8 Å². The molecule has 0 aromatic carbocycles. The summed E-state index contributed by atoms with van der Waals surface area (Å²) in [5.74, 6) is 2.80. The van der Waals surface area contributed by atoms with Crippen LogP contribution in [0.5, 0.6) is 0 Å². The van der Waals surface area contributed by atoms with E-state index in [2.05, 4.69) is 20.8 Å². The van der Waals surface area contributed by atoms with Gasteiger partial charge in [0.1, 0.15) is 0 Å². The minimum absolute atomic E-state index is 0.174. The van der Waals surface area contributed by atoms with Crippen LogP contribution in [0.1, 0.15) is 46.5 Å². The molecule has 0 saturated heterocycles. The summed E-state index contributed by atoms with van der Waals surface area (Å²) in [4.78, 5) is 0. The summed E-state index contributed by atoms with van der Waals surface area (Å²) in [6.45, 7) is 7.27. The maximum absolute atomic E-state index is 10.4. The van der Waals surface area contributed by atoms with Gasteiger partial charge in [0.15, 0.2) is 0 Å². The van der Waals surface area contributed by atoms with Crippen LogP contribution in [-0.4, -0.2) is 22.9 Å². The first-order valence-electron chi connectivity index (χ1n) is 7.24. The van der Waals surface area contributed by atoms with Gasteiger partial charge in [0.05, 0.1) is 12.7 Å². The van der Waals surface area contributed by atoms with E-state index in [0.29, 0.717) is 17.3 Å². The number of fused-ring (bicyclic) bond motifs is 3. The van der Waals surface area contributed by atoms with Crippen molar-refractivity contribution < 1.29 is 10.2 Å². The summed E-state index contributed by atoms with van der Waals surface area (Å²) in [5.41, 5.74) is 0.277. The van der Waals surface area contributed by atoms with Crippen LogP contribution in [0.2, 0.25) is 0 Å². The zero-order valence-corrected chi connectivity index (χ0v) is 11.3. The maximum Gasteiger partial charge on any atom is 0.0621 e. The smallest absolute Gasteiger partial charge is 0.0621 e. The van der Waals surface area contributed by atoms with E-state index < -0.39 is 0 Å². The molecule has 0 aromatic heterocycles.